The van der Waals surface area contributed by atoms with Crippen molar-refractivity contribution in [1.82, 2.24) is 0 Å². The topological polar surface area (TPSA) is 276 Å². The van der Waals surface area contributed by atoms with E-state index in [9.17, 15) is 51.1 Å². The van der Waals surface area contributed by atoms with Crippen molar-refractivity contribution in [1.29, 1.82) is 0 Å². The van der Waals surface area contributed by atoms with Crippen molar-refractivity contribution in [2.24, 2.45) is 0 Å². The standard InChI is InChI=1S/C38H64O18/c1-17(2)9-7-10-18(3)11-8-12-19(4)13-14-49-38-34(56-37-32(48)29(45)25(41)21(6)53-37)33(55-36-30(46)26(42)22(39)15-50-36)27(43)23(54-38)16-51-35-31(47)28(44)24(40)20(5)52-35/h9,11,13,20-48H,7-8,10,12,14-16H2,1-6H3/b18-11+,19-13+/t20-,21-,22-,23+,24-,25-,26-,27+,28+,29+,30+,31+,32+,33-,34+,35-,36-,37-,38+/m0/s1. The van der Waals surface area contributed by atoms with Crippen LogP contribution in [0.25, 0.3) is 0 Å². The molecule has 0 aromatic rings. The molecule has 18 nitrogen and oxygen atoms in total. The summed E-state index contributed by atoms with van der Waals surface area (Å²) in [7, 11) is 0. The van der Waals surface area contributed by atoms with Gasteiger partial charge in [0.1, 0.15) is 79.4 Å². The zero-order valence-electron chi connectivity index (χ0n) is 32.9. The van der Waals surface area contributed by atoms with Gasteiger partial charge in [-0.2, -0.15) is 0 Å². The summed E-state index contributed by atoms with van der Waals surface area (Å²) >= 11 is 0. The van der Waals surface area contributed by atoms with E-state index in [0.29, 0.717) is 0 Å². The van der Waals surface area contributed by atoms with Crippen LogP contribution in [-0.2, 0) is 37.9 Å². The Balaban J connectivity index is 1.58. The second-order valence-electron chi connectivity index (χ2n) is 15.5. The van der Waals surface area contributed by atoms with Gasteiger partial charge in [-0.15, -0.1) is 0 Å². The fraction of sp³-hybridized carbons (Fsp3) is 0.842. The van der Waals surface area contributed by atoms with E-state index >= 15 is 0 Å². The van der Waals surface area contributed by atoms with Gasteiger partial charge in [0.25, 0.3) is 0 Å². The minimum absolute atomic E-state index is 0.0542. The van der Waals surface area contributed by atoms with Gasteiger partial charge in [0, 0.05) is 0 Å². The normalized spacial score (nSPS) is 44.1. The van der Waals surface area contributed by atoms with E-state index in [0.717, 1.165) is 31.3 Å². The van der Waals surface area contributed by atoms with E-state index in [4.69, 9.17) is 37.9 Å². The lowest BCUT2D eigenvalue weighted by molar-refractivity contribution is -0.388. The average molecular weight is 809 g/mol. The van der Waals surface area contributed by atoms with Gasteiger partial charge in [-0.25, -0.2) is 0 Å². The molecule has 10 N–H and O–H groups in total. The molecule has 0 saturated carbocycles. The molecule has 4 heterocycles. The van der Waals surface area contributed by atoms with Gasteiger partial charge in [-0.05, 0) is 67.2 Å². The van der Waals surface area contributed by atoms with E-state index < -0.39 is 130 Å². The van der Waals surface area contributed by atoms with Gasteiger partial charge in [0.15, 0.2) is 25.2 Å². The lowest BCUT2D eigenvalue weighted by Crippen LogP contribution is -2.66. The van der Waals surface area contributed by atoms with Crippen LogP contribution in [0.2, 0.25) is 0 Å². The molecule has 324 valence electrons. The van der Waals surface area contributed by atoms with Crippen LogP contribution in [0.5, 0.6) is 0 Å². The Bertz CT molecular complexity index is 1290. The lowest BCUT2D eigenvalue weighted by Gasteiger charge is -2.48. The van der Waals surface area contributed by atoms with E-state index in [2.05, 4.69) is 32.9 Å². The second kappa shape index (κ2) is 21.7. The van der Waals surface area contributed by atoms with Crippen LogP contribution in [0, 0.1) is 0 Å². The minimum atomic E-state index is -1.80. The van der Waals surface area contributed by atoms with Crippen LogP contribution < -0.4 is 0 Å². The molecule has 4 saturated heterocycles. The van der Waals surface area contributed by atoms with E-state index in [-0.39, 0.29) is 6.61 Å². The summed E-state index contributed by atoms with van der Waals surface area (Å²) in [6.07, 6.45) is -19.2. The van der Waals surface area contributed by atoms with Gasteiger partial charge in [-0.1, -0.05) is 34.9 Å². The third kappa shape index (κ3) is 12.3. The second-order valence-corrected chi connectivity index (χ2v) is 15.5. The quantitative estimate of drug-likeness (QED) is 0.0786. The molecule has 0 radical (unpaired) electrons. The first kappa shape index (κ1) is 47.2. The number of rotatable bonds is 16. The number of aliphatic hydroxyl groups excluding tert-OH is 10. The van der Waals surface area contributed by atoms with Crippen LogP contribution >= 0.6 is 0 Å². The van der Waals surface area contributed by atoms with Crippen LogP contribution in [-0.4, -0.2) is 188 Å². The van der Waals surface area contributed by atoms with E-state index in [1.807, 2.05) is 13.0 Å². The number of ether oxygens (including phenoxy) is 8. The van der Waals surface area contributed by atoms with Crippen LogP contribution in [0.15, 0.2) is 34.9 Å². The fourth-order valence-electron chi connectivity index (χ4n) is 6.76. The Kier molecular flexibility index (Phi) is 18.3. The Hall–Kier alpha value is -1.50. The Labute approximate surface area is 327 Å². The molecule has 0 aromatic carbocycles. The molecular formula is C38H64O18. The first-order valence-corrected chi connectivity index (χ1v) is 19.3. The van der Waals surface area contributed by atoms with Crippen molar-refractivity contribution >= 4 is 0 Å². The SMILES string of the molecule is CC(C)=CCC/C(C)=C/CC/C(C)=C/CO[C@@H]1O[C@H](CO[C@H]2O[C@@H](C)[C@H](O)[C@@H](O)[C@H]2O)[C@@H](O)[C@H](O[C@@H]2OC[C@H](O)[C@H](O)[C@H]2O)[C@H]1O[C@@H]1O[C@@H](C)[C@H](O)[C@@H](O)[C@H]1O. The first-order valence-electron chi connectivity index (χ1n) is 19.3. The Morgan fingerprint density at radius 2 is 1.07 bits per heavy atom. The molecule has 0 aromatic heterocycles. The molecule has 19 atom stereocenters. The smallest absolute Gasteiger partial charge is 0.187 e. The summed E-state index contributed by atoms with van der Waals surface area (Å²) in [5, 5.41) is 106. The maximum absolute atomic E-state index is 11.8. The van der Waals surface area contributed by atoms with Crippen molar-refractivity contribution in [3.63, 3.8) is 0 Å². The highest BCUT2D eigenvalue weighted by Gasteiger charge is 2.54. The molecule has 4 aliphatic heterocycles. The fourth-order valence-corrected chi connectivity index (χ4v) is 6.76. The van der Waals surface area contributed by atoms with Gasteiger partial charge in [0.05, 0.1) is 32.0 Å². The van der Waals surface area contributed by atoms with Gasteiger partial charge in [-0.3, -0.25) is 0 Å². The monoisotopic (exact) mass is 808 g/mol. The molecule has 4 rings (SSSR count). The van der Waals surface area contributed by atoms with Crippen molar-refractivity contribution in [2.75, 3.05) is 19.8 Å². The van der Waals surface area contributed by atoms with E-state index in [1.165, 1.54) is 25.0 Å². The highest BCUT2D eigenvalue weighted by atomic mass is 16.8. The molecular weight excluding hydrogens is 744 g/mol. The lowest BCUT2D eigenvalue weighted by atomic mass is 9.96. The highest BCUT2D eigenvalue weighted by molar-refractivity contribution is 5.06. The molecule has 18 heteroatoms. The van der Waals surface area contributed by atoms with Gasteiger partial charge < -0.3 is 89.0 Å². The molecule has 56 heavy (non-hydrogen) atoms. The number of hydrogen-bond acceptors (Lipinski definition) is 18. The predicted molar refractivity (Wildman–Crippen MR) is 194 cm³/mol. The molecule has 0 spiro atoms. The summed E-state index contributed by atoms with van der Waals surface area (Å²) < 4.78 is 46.9. The predicted octanol–water partition coefficient (Wildman–Crippen LogP) is -1.61. The molecule has 0 unspecified atom stereocenters. The zero-order valence-corrected chi connectivity index (χ0v) is 32.9. The summed E-state index contributed by atoms with van der Waals surface area (Å²) in [6.45, 7) is 10.1. The minimum Gasteiger partial charge on any atom is -0.388 e. The Morgan fingerprint density at radius 1 is 0.536 bits per heavy atom. The largest absolute Gasteiger partial charge is 0.388 e. The van der Waals surface area contributed by atoms with Crippen molar-refractivity contribution in [2.45, 2.75) is 184 Å². The molecule has 0 amide bonds. The summed E-state index contributed by atoms with van der Waals surface area (Å²) in [5.74, 6) is 0. The summed E-state index contributed by atoms with van der Waals surface area (Å²) in [4.78, 5) is 0. The van der Waals surface area contributed by atoms with Crippen LogP contribution in [0.3, 0.4) is 0 Å². The van der Waals surface area contributed by atoms with Gasteiger partial charge >= 0.3 is 0 Å². The molecule has 4 fully saturated rings. The summed E-state index contributed by atoms with van der Waals surface area (Å²) in [6, 6.07) is 0. The third-order valence-electron chi connectivity index (χ3n) is 10.5. The summed E-state index contributed by atoms with van der Waals surface area (Å²) in [5.41, 5.74) is 3.54. The third-order valence-corrected chi connectivity index (χ3v) is 10.5. The average Bonchev–Trinajstić information content (AvgIpc) is 3.15. The number of aliphatic hydroxyl groups is 10. The number of allylic oxidation sites excluding steroid dienone is 5. The molecule has 4 aliphatic rings. The van der Waals surface area contributed by atoms with Gasteiger partial charge in [0.2, 0.25) is 0 Å². The molecule has 0 bridgehead atoms. The maximum Gasteiger partial charge on any atom is 0.187 e. The van der Waals surface area contributed by atoms with Crippen molar-refractivity contribution < 1.29 is 89.0 Å². The van der Waals surface area contributed by atoms with Crippen LogP contribution in [0.4, 0.5) is 0 Å². The molecule has 0 aliphatic carbocycles. The maximum atomic E-state index is 11.8. The Morgan fingerprint density at radius 3 is 1.70 bits per heavy atom. The number of hydrogen-bond donors (Lipinski definition) is 10. The zero-order chi connectivity index (χ0) is 41.4. The van der Waals surface area contributed by atoms with Crippen molar-refractivity contribution in [3.05, 3.63) is 34.9 Å². The van der Waals surface area contributed by atoms with Crippen molar-refractivity contribution in [3.8, 4) is 0 Å². The van der Waals surface area contributed by atoms with E-state index in [1.54, 1.807) is 0 Å². The van der Waals surface area contributed by atoms with Crippen LogP contribution in [0.1, 0.15) is 67.2 Å². The highest BCUT2D eigenvalue weighted by Crippen LogP contribution is 2.34. The first-order chi connectivity index (χ1) is 26.4.